The largest absolute Gasteiger partial charge is 0.653 e. The van der Waals surface area contributed by atoms with Gasteiger partial charge in [-0.25, -0.2) is 4.79 Å². The highest BCUT2D eigenvalue weighted by Crippen LogP contribution is 2.53. The molecule has 0 amide bonds. The van der Waals surface area contributed by atoms with Gasteiger partial charge in [-0.1, -0.05) is 6.58 Å². The third kappa shape index (κ3) is 17.2. The van der Waals surface area contributed by atoms with Crippen LogP contribution in [0.25, 0.3) is 0 Å². The van der Waals surface area contributed by atoms with Gasteiger partial charge in [0.1, 0.15) is 0 Å². The van der Waals surface area contributed by atoms with Crippen molar-refractivity contribution >= 4 is 145 Å². The van der Waals surface area contributed by atoms with E-state index in [2.05, 4.69) is 6.58 Å². The van der Waals surface area contributed by atoms with Crippen molar-refractivity contribution in [3.05, 3.63) is 12.2 Å². The zero-order chi connectivity index (χ0) is 52.8. The molecule has 0 aromatic heterocycles. The van der Waals surface area contributed by atoms with Gasteiger partial charge >= 0.3 is 86.9 Å². The fourth-order valence-electron chi connectivity index (χ4n) is 6.60. The van der Waals surface area contributed by atoms with Crippen LogP contribution in [0.3, 0.4) is 0 Å². The van der Waals surface area contributed by atoms with Crippen LogP contribution in [0.15, 0.2) is 12.2 Å². The molecule has 0 aromatic carbocycles. The Balaban J connectivity index is 2.02. The standard InChI is InChI=1S/C30H80O23Si16/c1-29(2)30(31)33-27-26-28-61(25,32-3)41-69-51-66(38-58(16,17)18)45-63(35-55(7,8)9)42-62(34-54(4,5)6)43-64(47-66,36-56(10,11)12)49-68(53-69,40-60(22,23)24)50-65(44-62,37-57(13,14)15)48-67(46-63,52-69)39-59(19,20)21/h1,26-28H2,2-25H3. The topological polar surface area (TPSA) is 220 Å². The van der Waals surface area contributed by atoms with E-state index >= 15 is 0 Å². The molecule has 8 bridgehead atoms. The zero-order valence-corrected chi connectivity index (χ0v) is 61.2. The van der Waals surface area contributed by atoms with Gasteiger partial charge in [0, 0.05) is 12.7 Å². The minimum atomic E-state index is -5.36. The quantitative estimate of drug-likeness (QED) is 0.0463. The van der Waals surface area contributed by atoms with Crippen LogP contribution in [0, 0.1) is 0 Å². The number of ether oxygens (including phenoxy) is 1. The van der Waals surface area contributed by atoms with Crippen molar-refractivity contribution in [2.24, 2.45) is 0 Å². The first kappa shape index (κ1) is 61.7. The Morgan fingerprint density at radius 3 is 0.725 bits per heavy atom. The first-order chi connectivity index (χ1) is 30.5. The first-order valence-electron chi connectivity index (χ1n) is 22.9. The minimum Gasteiger partial charge on any atom is -0.462 e. The Labute approximate surface area is 427 Å². The third-order valence-electron chi connectivity index (χ3n) is 8.15. The lowest BCUT2D eigenvalue weighted by atomic mass is 10.4. The van der Waals surface area contributed by atoms with Crippen molar-refractivity contribution in [2.45, 2.75) is 163 Å². The van der Waals surface area contributed by atoms with Crippen LogP contribution in [-0.2, 0) is 96.3 Å². The van der Waals surface area contributed by atoms with E-state index in [9.17, 15) is 4.79 Å². The van der Waals surface area contributed by atoms with Gasteiger partial charge in [-0.15, -0.1) is 0 Å². The fourth-order valence-corrected chi connectivity index (χ4v) is 72.1. The molecule has 6 heterocycles. The lowest BCUT2D eigenvalue weighted by Crippen LogP contribution is -2.93. The van der Waals surface area contributed by atoms with E-state index in [0.717, 1.165) is 0 Å². The maximum atomic E-state index is 12.5. The van der Waals surface area contributed by atoms with Crippen molar-refractivity contribution in [1.82, 2.24) is 0 Å². The average Bonchev–Trinajstić information content (AvgIpc) is 2.96. The van der Waals surface area contributed by atoms with E-state index < -0.39 is 145 Å². The van der Waals surface area contributed by atoms with Crippen molar-refractivity contribution in [3.8, 4) is 0 Å². The number of carbonyl (C=O) groups excluding carboxylic acids is 1. The second-order valence-corrected chi connectivity index (χ2v) is 81.3. The summed E-state index contributed by atoms with van der Waals surface area (Å²) in [5.74, 6) is -0.538. The minimum absolute atomic E-state index is 0.0126. The summed E-state index contributed by atoms with van der Waals surface area (Å²) in [4.78, 5) is 12.5. The van der Waals surface area contributed by atoms with Gasteiger partial charge in [-0.05, 0) is 163 Å². The van der Waals surface area contributed by atoms with Crippen LogP contribution in [0.5, 0.6) is 0 Å². The number of hydrogen-bond acceptors (Lipinski definition) is 23. The van der Waals surface area contributed by atoms with Gasteiger partial charge in [0.25, 0.3) is 0 Å². The molecule has 6 aliphatic rings. The van der Waals surface area contributed by atoms with Crippen molar-refractivity contribution in [3.63, 3.8) is 0 Å². The first-order valence-corrected chi connectivity index (χ1v) is 62.4. The predicted octanol–water partition coefficient (Wildman–Crippen LogP) is 6.94. The molecule has 1 atom stereocenters. The highest BCUT2D eigenvalue weighted by molar-refractivity contribution is 7.04. The van der Waals surface area contributed by atoms with Gasteiger partial charge in [-0.2, -0.15) is 0 Å². The SMILES string of the molecule is C=C(C)C(=O)OCCC[Si](C)(OC)O[Si]12O[Si]3(O[Si](C)(C)C)O[Si]4(O[Si](C)(C)C)O[Si]5(O[Si](C)(C)C)O[Si](O[Si](C)(C)C)(O3)O[Si](O[Si](C)(C)C)(O[Si](O[Si](C)(C)C)(O5)O[Si](O[Si](C)(C)C)(O4)O1)O2. The molecular weight excluding hydrogens is 1180 g/mol. The molecule has 0 radical (unpaired) electrons. The normalized spacial score (nSPS) is 36.5. The molecule has 6 saturated heterocycles. The molecule has 69 heavy (non-hydrogen) atoms. The average molecular weight is 1260 g/mol. The van der Waals surface area contributed by atoms with Gasteiger partial charge < -0.3 is 91.5 Å². The molecule has 0 aromatic rings. The Morgan fingerprint density at radius 1 is 0.377 bits per heavy atom. The van der Waals surface area contributed by atoms with E-state index in [0.29, 0.717) is 0 Å². The Kier molecular flexibility index (Phi) is 17.8. The smallest absolute Gasteiger partial charge is 0.462 e. The predicted molar refractivity (Wildman–Crippen MR) is 285 cm³/mol. The van der Waals surface area contributed by atoms with Gasteiger partial charge in [-0.3, -0.25) is 0 Å². The molecule has 402 valence electrons. The van der Waals surface area contributed by atoms with E-state index in [1.54, 1.807) is 13.5 Å². The maximum absolute atomic E-state index is 12.5. The van der Waals surface area contributed by atoms with Gasteiger partial charge in [0.2, 0.25) is 0 Å². The molecule has 0 saturated carbocycles. The molecule has 23 nitrogen and oxygen atoms in total. The zero-order valence-electron chi connectivity index (χ0n) is 45.2. The van der Waals surface area contributed by atoms with Crippen LogP contribution < -0.4 is 0 Å². The molecule has 0 spiro atoms. The van der Waals surface area contributed by atoms with Crippen LogP contribution in [0.2, 0.25) is 150 Å². The summed E-state index contributed by atoms with van der Waals surface area (Å²) >= 11 is 0. The van der Waals surface area contributed by atoms with Crippen LogP contribution >= 0.6 is 0 Å². The molecule has 39 heteroatoms. The Bertz CT molecular complexity index is 1720. The monoisotopic (exact) mass is 1260 g/mol. The summed E-state index contributed by atoms with van der Waals surface area (Å²) in [6.45, 7) is 47.4. The van der Waals surface area contributed by atoms with Crippen molar-refractivity contribution in [2.75, 3.05) is 13.7 Å². The molecule has 6 rings (SSSR count). The Morgan fingerprint density at radius 2 is 0.565 bits per heavy atom. The maximum Gasteiger partial charge on any atom is 0.653 e. The van der Waals surface area contributed by atoms with Gasteiger partial charge in [0.05, 0.1) is 6.61 Å². The molecule has 1 unspecified atom stereocenters. The summed E-state index contributed by atoms with van der Waals surface area (Å²) in [6.07, 6.45) is 0.280. The second kappa shape index (κ2) is 19.9. The lowest BCUT2D eigenvalue weighted by Gasteiger charge is -2.60. The van der Waals surface area contributed by atoms with Crippen molar-refractivity contribution < 1.29 is 96.3 Å². The summed E-state index contributed by atoms with van der Waals surface area (Å²) in [6, 6.07) is 0.197. The second-order valence-electron chi connectivity index (χ2n) is 24.2. The van der Waals surface area contributed by atoms with E-state index in [-0.39, 0.29) is 24.6 Å². The lowest BCUT2D eigenvalue weighted by molar-refractivity contribution is -0.140. The van der Waals surface area contributed by atoms with E-state index in [4.69, 9.17) is 91.5 Å². The van der Waals surface area contributed by atoms with Crippen LogP contribution in [-0.4, -0.2) is 159 Å². The number of rotatable bonds is 22. The number of hydrogen-bond donors (Lipinski definition) is 0. The molecule has 0 aliphatic carbocycles. The third-order valence-corrected chi connectivity index (χ3v) is 61.1. The van der Waals surface area contributed by atoms with E-state index in [1.165, 1.54) is 7.11 Å². The fraction of sp³-hybridized carbons (Fsp3) is 0.900. The summed E-state index contributed by atoms with van der Waals surface area (Å²) in [7, 11) is -64.3. The summed E-state index contributed by atoms with van der Waals surface area (Å²) < 4.78 is 158. The molecular formula is C30H80O23Si16. The van der Waals surface area contributed by atoms with Gasteiger partial charge in [0.15, 0.2) is 58.2 Å². The highest BCUT2D eigenvalue weighted by atomic mass is 28.7. The molecule has 6 fully saturated rings. The Hall–Kier alpha value is 1.84. The number of carbonyl (C=O) groups is 1. The molecule has 0 N–H and O–H groups in total. The highest BCUT2D eigenvalue weighted by Gasteiger charge is 2.92. The summed E-state index contributed by atoms with van der Waals surface area (Å²) in [5.41, 5.74) is 0.257. The molecule has 6 aliphatic heterocycles. The number of esters is 1. The van der Waals surface area contributed by atoms with Crippen LogP contribution in [0.1, 0.15) is 13.3 Å². The van der Waals surface area contributed by atoms with Crippen molar-refractivity contribution in [1.29, 1.82) is 0 Å². The van der Waals surface area contributed by atoms with Crippen LogP contribution in [0.4, 0.5) is 0 Å². The van der Waals surface area contributed by atoms with E-state index in [1.807, 2.05) is 137 Å². The summed E-state index contributed by atoms with van der Waals surface area (Å²) in [5, 5.41) is 0.